The lowest BCUT2D eigenvalue weighted by molar-refractivity contribution is -0.119. The molecule has 4 N–H and O–H groups in total. The van der Waals surface area contributed by atoms with Crippen LogP contribution in [0.2, 0.25) is 10.0 Å². The van der Waals surface area contributed by atoms with E-state index in [0.29, 0.717) is 59.9 Å². The van der Waals surface area contributed by atoms with E-state index in [4.69, 9.17) is 32.9 Å². The van der Waals surface area contributed by atoms with E-state index in [1.807, 2.05) is 49.5 Å². The Labute approximate surface area is 290 Å². The molecular formula is C37H40Cl2N6O3. The summed E-state index contributed by atoms with van der Waals surface area (Å²) >= 11 is 14.2. The summed E-state index contributed by atoms with van der Waals surface area (Å²) < 4.78 is 7.74. The Hall–Kier alpha value is -3.99. The Balaban J connectivity index is 1.25. The van der Waals surface area contributed by atoms with Crippen molar-refractivity contribution >= 4 is 40.0 Å². The van der Waals surface area contributed by atoms with Gasteiger partial charge in [0.15, 0.2) is 0 Å². The van der Waals surface area contributed by atoms with Gasteiger partial charge < -0.3 is 30.4 Å². The molecule has 0 aliphatic carbocycles. The third-order valence-corrected chi connectivity index (χ3v) is 9.39. The van der Waals surface area contributed by atoms with Gasteiger partial charge in [-0.3, -0.25) is 9.78 Å². The smallest absolute Gasteiger partial charge is 0.220 e. The number of methoxy groups -OCH3 is 1. The van der Waals surface area contributed by atoms with E-state index in [1.54, 1.807) is 27.2 Å². The molecular weight excluding hydrogens is 647 g/mol. The first kappa shape index (κ1) is 33.9. The molecule has 1 amide bonds. The predicted octanol–water partition coefficient (Wildman–Crippen LogP) is 6.51. The summed E-state index contributed by atoms with van der Waals surface area (Å²) in [6.45, 7) is 5.95. The summed E-state index contributed by atoms with van der Waals surface area (Å²) in [6, 6.07) is 18.0. The van der Waals surface area contributed by atoms with Crippen LogP contribution in [-0.2, 0) is 24.9 Å². The lowest BCUT2D eigenvalue weighted by Gasteiger charge is -2.17. The highest BCUT2D eigenvalue weighted by Gasteiger charge is 2.21. The first-order valence-electron chi connectivity index (χ1n) is 16.0. The molecule has 1 saturated heterocycles. The highest BCUT2D eigenvalue weighted by atomic mass is 35.5. The van der Waals surface area contributed by atoms with Crippen LogP contribution < -0.4 is 20.7 Å². The van der Waals surface area contributed by atoms with Gasteiger partial charge >= 0.3 is 0 Å². The summed E-state index contributed by atoms with van der Waals surface area (Å²) in [5, 5.41) is 21.9. The standard InChI is InChI=1S/C37H40Cl2N6O3/c1-37(2,47)21-41-18-24-20-45(3)31-16-22(8-11-26(24)31)35-34(39)28(14-15-42-35)27-6-5-7-29(33(27)38)30-12-9-23(36(44-30)48-4)17-40-19-25-10-13-32(46)43-25/h5-9,11-12,14-16,20,25,40-41,47H,10,13,17-19,21H2,1-4H3,(H,43,46)/t25-/m1/s1. The Morgan fingerprint density at radius 1 is 1.02 bits per heavy atom. The van der Waals surface area contributed by atoms with Gasteiger partial charge in [0.1, 0.15) is 0 Å². The fraction of sp³-hybridized carbons (Fsp3) is 0.324. The number of nitrogens with zero attached hydrogens (tertiary/aromatic N) is 3. The maximum atomic E-state index is 11.5. The van der Waals surface area contributed by atoms with Crippen molar-refractivity contribution in [2.45, 2.75) is 51.4 Å². The first-order valence-corrected chi connectivity index (χ1v) is 16.8. The van der Waals surface area contributed by atoms with E-state index in [0.717, 1.165) is 50.7 Å². The van der Waals surface area contributed by atoms with Crippen LogP contribution in [0, 0.1) is 0 Å². The second kappa shape index (κ2) is 14.2. The molecule has 48 heavy (non-hydrogen) atoms. The third kappa shape index (κ3) is 7.36. The van der Waals surface area contributed by atoms with Crippen molar-refractivity contribution in [1.82, 2.24) is 30.5 Å². The van der Waals surface area contributed by atoms with Gasteiger partial charge in [-0.15, -0.1) is 0 Å². The highest BCUT2D eigenvalue weighted by Crippen LogP contribution is 2.42. The number of rotatable bonds is 12. The number of nitrogens with one attached hydrogen (secondary N) is 3. The summed E-state index contributed by atoms with van der Waals surface area (Å²) in [6.07, 6.45) is 5.27. The molecule has 0 bridgehead atoms. The summed E-state index contributed by atoms with van der Waals surface area (Å²) in [5.74, 6) is 0.610. The molecule has 250 valence electrons. The molecule has 3 aromatic heterocycles. The van der Waals surface area contributed by atoms with E-state index >= 15 is 0 Å². The molecule has 5 aromatic rings. The second-order valence-corrected chi connectivity index (χ2v) is 13.7. The maximum Gasteiger partial charge on any atom is 0.220 e. The molecule has 1 aliphatic heterocycles. The monoisotopic (exact) mass is 686 g/mol. The number of carbonyl (C=O) groups excluding carboxylic acids is 1. The molecule has 1 fully saturated rings. The van der Waals surface area contributed by atoms with Crippen molar-refractivity contribution in [2.75, 3.05) is 20.2 Å². The summed E-state index contributed by atoms with van der Waals surface area (Å²) in [7, 11) is 3.62. The number of hydrogen-bond donors (Lipinski definition) is 4. The van der Waals surface area contributed by atoms with Gasteiger partial charge in [-0.2, -0.15) is 0 Å². The van der Waals surface area contributed by atoms with Crippen molar-refractivity contribution in [3.63, 3.8) is 0 Å². The zero-order chi connectivity index (χ0) is 34.0. The number of hydrogen-bond acceptors (Lipinski definition) is 7. The van der Waals surface area contributed by atoms with E-state index in [1.165, 1.54) is 0 Å². The zero-order valence-electron chi connectivity index (χ0n) is 27.5. The molecule has 6 rings (SSSR count). The lowest BCUT2D eigenvalue weighted by Crippen LogP contribution is -2.35. The van der Waals surface area contributed by atoms with Gasteiger partial charge in [0.25, 0.3) is 0 Å². The Bertz CT molecular complexity index is 1970. The first-order chi connectivity index (χ1) is 23.0. The van der Waals surface area contributed by atoms with Crippen molar-refractivity contribution in [2.24, 2.45) is 7.05 Å². The average molecular weight is 688 g/mol. The molecule has 1 atom stereocenters. The van der Waals surface area contributed by atoms with Crippen molar-refractivity contribution < 1.29 is 14.6 Å². The van der Waals surface area contributed by atoms with E-state index in [-0.39, 0.29) is 11.9 Å². The van der Waals surface area contributed by atoms with Gasteiger partial charge in [-0.25, -0.2) is 4.98 Å². The molecule has 9 nitrogen and oxygen atoms in total. The molecule has 0 saturated carbocycles. The average Bonchev–Trinajstić information content (AvgIpc) is 3.62. The van der Waals surface area contributed by atoms with Crippen LogP contribution in [0.4, 0.5) is 0 Å². The normalized spacial score (nSPS) is 14.9. The van der Waals surface area contributed by atoms with Crippen molar-refractivity contribution in [3.8, 4) is 39.5 Å². The largest absolute Gasteiger partial charge is 0.481 e. The number of pyridine rings is 2. The molecule has 0 spiro atoms. The fourth-order valence-electron chi connectivity index (χ4n) is 6.19. The molecule has 1 aliphatic rings. The summed E-state index contributed by atoms with van der Waals surface area (Å²) in [5.41, 5.74) is 6.86. The topological polar surface area (TPSA) is 113 Å². The number of benzene rings is 2. The SMILES string of the molecule is COc1nc(-c2cccc(-c3ccnc(-c4ccc5c(CNCC(C)(C)O)cn(C)c5c4)c3Cl)c2Cl)ccc1CNC[C@H]1CCC(=O)N1. The molecule has 11 heteroatoms. The number of amides is 1. The second-order valence-electron chi connectivity index (χ2n) is 12.9. The number of halogens is 2. The van der Waals surface area contributed by atoms with E-state index in [2.05, 4.69) is 43.8 Å². The maximum absolute atomic E-state index is 11.5. The Morgan fingerprint density at radius 2 is 1.79 bits per heavy atom. The molecule has 0 unspecified atom stereocenters. The number of aryl methyl sites for hydroxylation is 1. The van der Waals surface area contributed by atoms with Gasteiger partial charge in [0.05, 0.1) is 34.1 Å². The Morgan fingerprint density at radius 3 is 2.54 bits per heavy atom. The van der Waals surface area contributed by atoms with Crippen LogP contribution in [-0.4, -0.2) is 57.4 Å². The van der Waals surface area contributed by atoms with Crippen molar-refractivity contribution in [3.05, 3.63) is 88.2 Å². The van der Waals surface area contributed by atoms with Crippen LogP contribution in [0.1, 0.15) is 37.8 Å². The van der Waals surface area contributed by atoms with E-state index in [9.17, 15) is 9.90 Å². The van der Waals surface area contributed by atoms with Gasteiger partial charge in [-0.1, -0.05) is 59.6 Å². The molecule has 2 aromatic carbocycles. The minimum atomic E-state index is -0.781. The fourth-order valence-corrected chi connectivity index (χ4v) is 6.84. The number of fused-ring (bicyclic) bond motifs is 1. The van der Waals surface area contributed by atoms with Gasteiger partial charge in [-0.05, 0) is 44.0 Å². The Kier molecular flexibility index (Phi) is 10.1. The van der Waals surface area contributed by atoms with Crippen LogP contribution in [0.25, 0.3) is 44.5 Å². The minimum absolute atomic E-state index is 0.102. The highest BCUT2D eigenvalue weighted by molar-refractivity contribution is 6.39. The minimum Gasteiger partial charge on any atom is -0.481 e. The van der Waals surface area contributed by atoms with E-state index < -0.39 is 5.60 Å². The van der Waals surface area contributed by atoms with Crippen LogP contribution >= 0.6 is 23.2 Å². The predicted molar refractivity (Wildman–Crippen MR) is 192 cm³/mol. The van der Waals surface area contributed by atoms with Gasteiger partial charge in [0.2, 0.25) is 11.8 Å². The van der Waals surface area contributed by atoms with Crippen LogP contribution in [0.3, 0.4) is 0 Å². The summed E-state index contributed by atoms with van der Waals surface area (Å²) in [4.78, 5) is 21.0. The number of carbonyl (C=O) groups is 1. The van der Waals surface area contributed by atoms with Crippen LogP contribution in [0.5, 0.6) is 5.88 Å². The van der Waals surface area contributed by atoms with Crippen molar-refractivity contribution in [1.29, 1.82) is 0 Å². The number of ether oxygens (including phenoxy) is 1. The third-order valence-electron chi connectivity index (χ3n) is 8.60. The quantitative estimate of drug-likeness (QED) is 0.118. The number of aromatic nitrogens is 3. The zero-order valence-corrected chi connectivity index (χ0v) is 29.0. The van der Waals surface area contributed by atoms with Crippen LogP contribution in [0.15, 0.2) is 67.0 Å². The lowest BCUT2D eigenvalue weighted by atomic mass is 9.99. The molecule has 4 heterocycles. The number of aliphatic hydroxyl groups is 1. The molecule has 0 radical (unpaired) electrons. The van der Waals surface area contributed by atoms with Gasteiger partial charge in [0, 0.05) is 96.8 Å².